The van der Waals surface area contributed by atoms with Gasteiger partial charge >= 0.3 is 0 Å². The predicted octanol–water partition coefficient (Wildman–Crippen LogP) is 16.1. The van der Waals surface area contributed by atoms with Crippen molar-refractivity contribution in [3.63, 3.8) is 0 Å². The van der Waals surface area contributed by atoms with Gasteiger partial charge in [-0.25, -0.2) is 0 Å². The number of aromatic nitrogens is 2. The monoisotopic (exact) mass is 858 g/mol. The average molecular weight is 859 g/mol. The lowest BCUT2D eigenvalue weighted by Crippen LogP contribution is -2.13. The van der Waals surface area contributed by atoms with Crippen LogP contribution in [0.4, 0.5) is 0 Å². The van der Waals surface area contributed by atoms with Crippen molar-refractivity contribution in [3.8, 4) is 33.6 Å². The Morgan fingerprint density at radius 2 is 1.27 bits per heavy atom. The van der Waals surface area contributed by atoms with Crippen LogP contribution < -0.4 is 0 Å². The molecule has 4 aliphatic carbocycles. The van der Waals surface area contributed by atoms with Gasteiger partial charge in [-0.1, -0.05) is 153 Å². The second kappa shape index (κ2) is 15.0. The van der Waals surface area contributed by atoms with Crippen molar-refractivity contribution in [3.05, 3.63) is 244 Å². The smallest absolute Gasteiger partial charge is 0.142 e. The van der Waals surface area contributed by atoms with Crippen molar-refractivity contribution in [1.82, 2.24) is 9.13 Å². The van der Waals surface area contributed by atoms with E-state index < -0.39 is 0 Å². The SMILES string of the molecule is CC1Cc2c(c3c(n2-c2ccc(-c4ccc5c(c4)c4c(n5-c5ccccc5)C=CC=CC4)cc2)CC=CC(c2cccc4c2Cc2ccccc2-4)=C3)C=C1c1cccc2c1oc1ccccc12. The Kier molecular flexibility index (Phi) is 8.51. The van der Waals surface area contributed by atoms with Crippen molar-refractivity contribution < 1.29 is 4.42 Å². The van der Waals surface area contributed by atoms with Crippen LogP contribution in [-0.4, -0.2) is 9.13 Å². The molecule has 0 amide bonds. The third-order valence-electron chi connectivity index (χ3n) is 15.0. The molecule has 0 radical (unpaired) electrons. The molecule has 0 aliphatic heterocycles. The van der Waals surface area contributed by atoms with E-state index in [1.807, 2.05) is 0 Å². The van der Waals surface area contributed by atoms with Crippen LogP contribution in [0, 0.1) is 5.92 Å². The molecule has 4 aliphatic rings. The molecule has 0 saturated heterocycles. The standard InChI is InChI=1S/C64H46N2O/c1-40-35-62-58(39-54(40)53-25-14-24-52-51-21-10-11-28-63(51)67-64(52)53)57-38-44(48-22-13-23-49-47-19-9-8-15-43(47)37-55(48)49)16-12-27-60(57)66(62)46-32-29-41(30-33-46)42-31-34-61-56(36-42)50-20-6-3-7-26-59(50)65(61)45-17-4-2-5-18-45/h2-19,21-26,28-34,36,38-40H,20,27,35,37H2,1H3. The Morgan fingerprint density at radius 1 is 0.522 bits per heavy atom. The zero-order chi connectivity index (χ0) is 44.2. The van der Waals surface area contributed by atoms with E-state index in [2.05, 4.69) is 222 Å². The summed E-state index contributed by atoms with van der Waals surface area (Å²) < 4.78 is 11.7. The van der Waals surface area contributed by atoms with Crippen molar-refractivity contribution in [1.29, 1.82) is 0 Å². The van der Waals surface area contributed by atoms with Crippen LogP contribution in [0.15, 0.2) is 193 Å². The summed E-state index contributed by atoms with van der Waals surface area (Å²) in [5.74, 6) is 0.271. The molecule has 3 heteroatoms. The minimum atomic E-state index is 0.271. The number of fused-ring (bicyclic) bond motifs is 12. The number of hydrogen-bond acceptors (Lipinski definition) is 1. The highest BCUT2D eigenvalue weighted by Crippen LogP contribution is 2.47. The third-order valence-corrected chi connectivity index (χ3v) is 15.0. The lowest BCUT2D eigenvalue weighted by atomic mass is 9.82. The molecule has 1 atom stereocenters. The highest BCUT2D eigenvalue weighted by molar-refractivity contribution is 6.10. The van der Waals surface area contributed by atoms with Crippen LogP contribution in [-0.2, 0) is 25.7 Å². The number of allylic oxidation sites excluding steroid dienone is 7. The van der Waals surface area contributed by atoms with E-state index in [1.165, 1.54) is 122 Å². The lowest BCUT2D eigenvalue weighted by molar-refractivity contribution is 0.662. The second-order valence-corrected chi connectivity index (χ2v) is 18.7. The Bertz CT molecular complexity index is 3850. The number of furan rings is 1. The van der Waals surface area contributed by atoms with Crippen molar-refractivity contribution >= 4 is 62.2 Å². The summed E-state index contributed by atoms with van der Waals surface area (Å²) in [6, 6.07) is 58.0. The largest absolute Gasteiger partial charge is 0.455 e. The summed E-state index contributed by atoms with van der Waals surface area (Å²) in [6.07, 6.45) is 22.2. The third kappa shape index (κ3) is 5.90. The molecule has 3 nitrogen and oxygen atoms in total. The average Bonchev–Trinajstić information content (AvgIpc) is 4.00. The van der Waals surface area contributed by atoms with Gasteiger partial charge in [-0.3, -0.25) is 0 Å². The number of rotatable bonds is 5. The molecule has 3 aromatic heterocycles. The molecule has 14 rings (SSSR count). The Balaban J connectivity index is 0.922. The van der Waals surface area contributed by atoms with Crippen LogP contribution >= 0.6 is 0 Å². The molecule has 10 aromatic rings. The van der Waals surface area contributed by atoms with E-state index in [0.29, 0.717) is 0 Å². The summed E-state index contributed by atoms with van der Waals surface area (Å²) in [6.45, 7) is 2.39. The summed E-state index contributed by atoms with van der Waals surface area (Å²) in [5.41, 5.74) is 26.6. The van der Waals surface area contributed by atoms with Gasteiger partial charge in [0.05, 0.1) is 11.2 Å². The fourth-order valence-electron chi connectivity index (χ4n) is 11.9. The molecule has 0 fully saturated rings. The van der Waals surface area contributed by atoms with Gasteiger partial charge in [0, 0.05) is 62.0 Å². The van der Waals surface area contributed by atoms with Gasteiger partial charge in [-0.2, -0.15) is 0 Å². The lowest BCUT2D eigenvalue weighted by Gasteiger charge is -2.24. The minimum absolute atomic E-state index is 0.271. The summed E-state index contributed by atoms with van der Waals surface area (Å²) in [4.78, 5) is 0. The fourth-order valence-corrected chi connectivity index (χ4v) is 11.9. The summed E-state index contributed by atoms with van der Waals surface area (Å²) in [5, 5.41) is 3.64. The number of benzene rings is 7. The second-order valence-electron chi connectivity index (χ2n) is 18.7. The minimum Gasteiger partial charge on any atom is -0.455 e. The zero-order valence-electron chi connectivity index (χ0n) is 37.3. The van der Waals surface area contributed by atoms with Crippen LogP contribution in [0.25, 0.3) is 95.8 Å². The van der Waals surface area contributed by atoms with Gasteiger partial charge in [0.15, 0.2) is 0 Å². The molecular formula is C64H46N2O. The van der Waals surface area contributed by atoms with Gasteiger partial charge in [0.1, 0.15) is 11.2 Å². The molecule has 7 aromatic carbocycles. The van der Waals surface area contributed by atoms with E-state index >= 15 is 0 Å². The molecule has 1 unspecified atom stereocenters. The van der Waals surface area contributed by atoms with Gasteiger partial charge in [0.2, 0.25) is 0 Å². The van der Waals surface area contributed by atoms with Crippen LogP contribution in [0.5, 0.6) is 0 Å². The first kappa shape index (κ1) is 38.2. The maximum absolute atomic E-state index is 6.67. The van der Waals surface area contributed by atoms with Crippen molar-refractivity contribution in [2.24, 2.45) is 5.92 Å². The molecule has 0 bridgehead atoms. The van der Waals surface area contributed by atoms with Gasteiger partial charge in [-0.05, 0) is 142 Å². The van der Waals surface area contributed by atoms with Crippen LogP contribution in [0.1, 0.15) is 62.9 Å². The highest BCUT2D eigenvalue weighted by atomic mass is 16.3. The van der Waals surface area contributed by atoms with Crippen molar-refractivity contribution in [2.75, 3.05) is 0 Å². The first-order valence-corrected chi connectivity index (χ1v) is 23.8. The topological polar surface area (TPSA) is 23.0 Å². The zero-order valence-corrected chi connectivity index (χ0v) is 37.3. The van der Waals surface area contributed by atoms with Gasteiger partial charge in [0.25, 0.3) is 0 Å². The van der Waals surface area contributed by atoms with E-state index in [0.717, 1.165) is 36.8 Å². The molecule has 67 heavy (non-hydrogen) atoms. The molecule has 0 spiro atoms. The maximum atomic E-state index is 6.67. The molecule has 0 saturated carbocycles. The molecule has 318 valence electrons. The number of para-hydroxylation sites is 3. The first-order valence-electron chi connectivity index (χ1n) is 23.8. The quantitative estimate of drug-likeness (QED) is 0.169. The number of nitrogens with zero attached hydrogens (tertiary/aromatic N) is 2. The fraction of sp³-hybridized carbons (Fsp3) is 0.0938. The van der Waals surface area contributed by atoms with Crippen molar-refractivity contribution in [2.45, 2.75) is 32.6 Å². The van der Waals surface area contributed by atoms with E-state index in [9.17, 15) is 0 Å². The Labute approximate surface area is 390 Å². The van der Waals surface area contributed by atoms with Crippen LogP contribution in [0.2, 0.25) is 0 Å². The summed E-state index contributed by atoms with van der Waals surface area (Å²) >= 11 is 0. The van der Waals surface area contributed by atoms with Crippen LogP contribution in [0.3, 0.4) is 0 Å². The molecular weight excluding hydrogens is 813 g/mol. The van der Waals surface area contributed by atoms with E-state index in [1.54, 1.807) is 0 Å². The summed E-state index contributed by atoms with van der Waals surface area (Å²) in [7, 11) is 0. The van der Waals surface area contributed by atoms with Gasteiger partial charge in [-0.15, -0.1) is 0 Å². The molecule has 3 heterocycles. The molecule has 0 N–H and O–H groups in total. The Morgan fingerprint density at radius 3 is 2.19 bits per heavy atom. The predicted molar refractivity (Wildman–Crippen MR) is 280 cm³/mol. The first-order chi connectivity index (χ1) is 33.1. The van der Waals surface area contributed by atoms with E-state index in [-0.39, 0.29) is 5.92 Å². The normalized spacial score (nSPS) is 15.7. The number of hydrogen-bond donors (Lipinski definition) is 0. The Hall–Kier alpha value is -8.14. The highest BCUT2D eigenvalue weighted by Gasteiger charge is 2.31. The maximum Gasteiger partial charge on any atom is 0.142 e. The van der Waals surface area contributed by atoms with E-state index in [4.69, 9.17) is 4.42 Å². The van der Waals surface area contributed by atoms with Gasteiger partial charge < -0.3 is 13.6 Å².